The maximum absolute atomic E-state index is 12.6. The molecule has 280 valence electrons. The van der Waals surface area contributed by atoms with Crippen molar-refractivity contribution >= 4 is 45.9 Å². The Kier molecular flexibility index (Phi) is 19.6. The smallest absolute Gasteiger partial charge is 0.496 e. The van der Waals surface area contributed by atoms with Crippen molar-refractivity contribution in [3.8, 4) is 17.2 Å². The SMILES string of the molecule is C.C.C.COC(=O)CC(C)=O.COc1c(C)c(C)cc(OS(=O)(=O)C(F)(F)F)c1[Si](C)(C)C.COc1c(C)c(C)cc2cc(=O)[nH]c(C)c12. The van der Waals surface area contributed by atoms with Crippen molar-refractivity contribution in [3.05, 3.63) is 56.5 Å². The molecule has 0 aliphatic heterocycles. The minimum atomic E-state index is -5.72. The number of ether oxygens (including phenoxy) is 3. The fourth-order valence-corrected chi connectivity index (χ4v) is 6.79. The molecule has 1 N–H and O–H groups in total. The number of rotatable bonds is 7. The Morgan fingerprint density at radius 1 is 0.837 bits per heavy atom. The van der Waals surface area contributed by atoms with Crippen LogP contribution >= 0.6 is 0 Å². The quantitative estimate of drug-likeness (QED) is 0.0855. The first kappa shape index (κ1) is 49.5. The van der Waals surface area contributed by atoms with Crippen LogP contribution in [-0.4, -0.2) is 60.1 Å². The molecule has 0 spiro atoms. The first-order valence-electron chi connectivity index (χ1n) is 13.9. The number of aromatic amines is 1. The molecule has 0 aliphatic carbocycles. The van der Waals surface area contributed by atoms with Gasteiger partial charge >= 0.3 is 21.6 Å². The van der Waals surface area contributed by atoms with E-state index in [1.807, 2.05) is 46.5 Å². The molecule has 0 aliphatic rings. The summed E-state index contributed by atoms with van der Waals surface area (Å²) in [6, 6.07) is 4.95. The summed E-state index contributed by atoms with van der Waals surface area (Å²) in [7, 11) is -3.65. The highest BCUT2D eigenvalue weighted by Gasteiger charge is 2.49. The number of benzene rings is 2. The van der Waals surface area contributed by atoms with Gasteiger partial charge in [-0.05, 0) is 75.2 Å². The third-order valence-corrected chi connectivity index (χ3v) is 9.75. The maximum Gasteiger partial charge on any atom is 0.534 e. The van der Waals surface area contributed by atoms with Gasteiger partial charge in [-0.3, -0.25) is 14.4 Å². The topological polar surface area (TPSA) is 138 Å². The van der Waals surface area contributed by atoms with Crippen molar-refractivity contribution in [2.75, 3.05) is 21.3 Å². The number of H-pyrrole nitrogens is 1. The number of Topliss-reactive ketones (excluding diaryl/α,β-unsaturated/α-hetero) is 1. The van der Waals surface area contributed by atoms with Crippen LogP contribution < -0.4 is 24.4 Å². The van der Waals surface area contributed by atoms with E-state index in [0.29, 0.717) is 16.5 Å². The van der Waals surface area contributed by atoms with Gasteiger partial charge in [-0.15, -0.1) is 0 Å². The Hall–Kier alpha value is -3.85. The van der Waals surface area contributed by atoms with Crippen LogP contribution in [0.25, 0.3) is 10.8 Å². The van der Waals surface area contributed by atoms with E-state index in [1.165, 1.54) is 27.2 Å². The lowest BCUT2D eigenvalue weighted by atomic mass is 10.0. The van der Waals surface area contributed by atoms with Crippen molar-refractivity contribution in [1.29, 1.82) is 0 Å². The van der Waals surface area contributed by atoms with Crippen molar-refractivity contribution in [2.24, 2.45) is 0 Å². The number of alkyl halides is 3. The molecular formula is C34H54F3NO9SSi. The lowest BCUT2D eigenvalue weighted by Gasteiger charge is -2.26. The van der Waals surface area contributed by atoms with Crippen LogP contribution in [0, 0.1) is 34.6 Å². The predicted octanol–water partition coefficient (Wildman–Crippen LogP) is 7.59. The molecule has 15 heteroatoms. The molecular weight excluding hydrogens is 684 g/mol. The number of carbonyl (C=O) groups is 2. The Labute approximate surface area is 290 Å². The average Bonchev–Trinajstić information content (AvgIpc) is 2.90. The zero-order chi connectivity index (χ0) is 35.9. The van der Waals surface area contributed by atoms with Gasteiger partial charge in [0.05, 0.1) is 29.4 Å². The molecule has 0 bridgehead atoms. The normalized spacial score (nSPS) is 10.8. The van der Waals surface area contributed by atoms with Crippen LogP contribution in [0.1, 0.15) is 63.6 Å². The summed E-state index contributed by atoms with van der Waals surface area (Å²) in [6.07, 6.45) is -0.115. The monoisotopic (exact) mass is 737 g/mol. The molecule has 0 unspecified atom stereocenters. The fraction of sp³-hybridized carbons (Fsp3) is 0.500. The van der Waals surface area contributed by atoms with Gasteiger partial charge in [-0.25, -0.2) is 0 Å². The van der Waals surface area contributed by atoms with E-state index in [9.17, 15) is 36.0 Å². The van der Waals surface area contributed by atoms with E-state index >= 15 is 0 Å². The number of aryl methyl sites for hydroxylation is 3. The van der Waals surface area contributed by atoms with Crippen LogP contribution in [0.5, 0.6) is 17.2 Å². The summed E-state index contributed by atoms with van der Waals surface area (Å²) < 4.78 is 79.7. The molecule has 1 aromatic heterocycles. The second-order valence-electron chi connectivity index (χ2n) is 11.5. The molecule has 10 nitrogen and oxygen atoms in total. The molecule has 1 heterocycles. The van der Waals surface area contributed by atoms with Crippen LogP contribution in [-0.2, 0) is 24.4 Å². The second-order valence-corrected chi connectivity index (χ2v) is 18.0. The lowest BCUT2D eigenvalue weighted by Crippen LogP contribution is -2.41. The number of aromatic nitrogens is 1. The number of hydrogen-bond donors (Lipinski definition) is 1. The minimum absolute atomic E-state index is 0. The highest BCUT2D eigenvalue weighted by Crippen LogP contribution is 2.34. The summed E-state index contributed by atoms with van der Waals surface area (Å²) in [4.78, 5) is 34.5. The van der Waals surface area contributed by atoms with Crippen LogP contribution in [0.2, 0.25) is 19.6 Å². The molecule has 3 aromatic rings. The van der Waals surface area contributed by atoms with E-state index in [2.05, 4.69) is 13.9 Å². The molecule has 49 heavy (non-hydrogen) atoms. The first-order valence-corrected chi connectivity index (χ1v) is 18.8. The number of ketones is 1. The van der Waals surface area contributed by atoms with E-state index in [1.54, 1.807) is 27.0 Å². The maximum atomic E-state index is 12.6. The number of hydrogen-bond acceptors (Lipinski definition) is 9. The van der Waals surface area contributed by atoms with Gasteiger partial charge in [0.2, 0.25) is 5.56 Å². The Bertz CT molecular complexity index is 1760. The minimum Gasteiger partial charge on any atom is -0.496 e. The van der Waals surface area contributed by atoms with Gasteiger partial charge in [0.15, 0.2) is 0 Å². The van der Waals surface area contributed by atoms with Gasteiger partial charge in [0.1, 0.15) is 29.5 Å². The molecule has 0 amide bonds. The number of halogens is 3. The Morgan fingerprint density at radius 2 is 1.31 bits per heavy atom. The molecule has 0 atom stereocenters. The van der Waals surface area contributed by atoms with Gasteiger partial charge in [0.25, 0.3) is 0 Å². The van der Waals surface area contributed by atoms with Crippen molar-refractivity contribution in [2.45, 2.75) is 95.4 Å². The summed E-state index contributed by atoms with van der Waals surface area (Å²) in [5.41, 5.74) is -1.12. The molecule has 3 rings (SSSR count). The van der Waals surface area contributed by atoms with Crippen molar-refractivity contribution in [1.82, 2.24) is 4.98 Å². The van der Waals surface area contributed by atoms with Gasteiger partial charge in [0, 0.05) is 22.3 Å². The summed E-state index contributed by atoms with van der Waals surface area (Å²) >= 11 is 0. The molecule has 0 radical (unpaired) electrons. The Morgan fingerprint density at radius 3 is 1.69 bits per heavy atom. The number of methoxy groups -OCH3 is 3. The highest BCUT2D eigenvalue weighted by atomic mass is 32.2. The van der Waals surface area contributed by atoms with Crippen LogP contribution in [0.15, 0.2) is 23.0 Å². The molecule has 0 saturated heterocycles. The lowest BCUT2D eigenvalue weighted by molar-refractivity contribution is -0.142. The summed E-state index contributed by atoms with van der Waals surface area (Å²) in [5, 5.41) is 2.33. The van der Waals surface area contributed by atoms with E-state index in [4.69, 9.17) is 9.47 Å². The number of nitrogens with one attached hydrogen (secondary N) is 1. The summed E-state index contributed by atoms with van der Waals surface area (Å²) in [6.45, 7) is 16.3. The van der Waals surface area contributed by atoms with E-state index < -0.39 is 29.7 Å². The standard InChI is InChI=1S/C13H19F3O4SSi.C13H15NO2.C5H8O3.3CH4/c1-8-7-10(20-21(17,18)13(14,15)16)12(22(4,5)6)11(19-3)9(8)2;1-7-5-10-6-11(15)14-9(3)12(10)13(16-4)8(7)2;1-4(6)3-5(7)8-2;;;/h7H,1-6H3;5-6H,1-4H3,(H,14,15);3H2,1-2H3;3*1H4. The third kappa shape index (κ3) is 12.8. The number of carbonyl (C=O) groups excluding carboxylic acids is 2. The second kappa shape index (κ2) is 19.4. The van der Waals surface area contributed by atoms with Gasteiger partial charge in [-0.1, -0.05) is 48.0 Å². The van der Waals surface area contributed by atoms with Crippen LogP contribution in [0.3, 0.4) is 0 Å². The Balaban J connectivity index is -0.000000690. The largest absolute Gasteiger partial charge is 0.534 e. The van der Waals surface area contributed by atoms with Crippen LogP contribution in [0.4, 0.5) is 13.2 Å². The number of pyridine rings is 1. The molecule has 2 aromatic carbocycles. The van der Waals surface area contributed by atoms with Gasteiger partial charge < -0.3 is 23.4 Å². The fourth-order valence-electron chi connectivity index (χ4n) is 4.42. The zero-order valence-electron chi connectivity index (χ0n) is 28.2. The van der Waals surface area contributed by atoms with Crippen molar-refractivity contribution < 1.29 is 49.6 Å². The van der Waals surface area contributed by atoms with E-state index in [-0.39, 0.29) is 45.8 Å². The third-order valence-electron chi connectivity index (χ3n) is 6.81. The zero-order valence-corrected chi connectivity index (χ0v) is 30.0. The summed E-state index contributed by atoms with van der Waals surface area (Å²) in [5.74, 6) is 0.279. The first-order chi connectivity index (χ1) is 20.9. The predicted molar refractivity (Wildman–Crippen MR) is 194 cm³/mol. The number of fused-ring (bicyclic) bond motifs is 1. The number of esters is 1. The molecule has 0 fully saturated rings. The van der Waals surface area contributed by atoms with Crippen molar-refractivity contribution in [3.63, 3.8) is 0 Å². The molecule has 0 saturated carbocycles. The average molecular weight is 738 g/mol. The van der Waals surface area contributed by atoms with Gasteiger partial charge in [-0.2, -0.15) is 21.6 Å². The van der Waals surface area contributed by atoms with E-state index in [0.717, 1.165) is 38.9 Å². The highest BCUT2D eigenvalue weighted by molar-refractivity contribution is 7.88.